The number of aryl methyl sites for hydroxylation is 1. The summed E-state index contributed by atoms with van der Waals surface area (Å²) in [7, 11) is -0.918. The van der Waals surface area contributed by atoms with Gasteiger partial charge in [0.15, 0.2) is 0 Å². The monoisotopic (exact) mass is 431 g/mol. The van der Waals surface area contributed by atoms with E-state index in [4.69, 9.17) is 4.74 Å². The van der Waals surface area contributed by atoms with Crippen molar-refractivity contribution in [2.45, 2.75) is 11.8 Å². The molecule has 0 saturated carbocycles. The summed E-state index contributed by atoms with van der Waals surface area (Å²) in [6, 6.07) is 13.3. The molecule has 0 unspecified atom stereocenters. The van der Waals surface area contributed by atoms with E-state index in [1.54, 1.807) is 29.5 Å². The van der Waals surface area contributed by atoms with Crippen molar-refractivity contribution in [2.75, 3.05) is 26.0 Å². The van der Waals surface area contributed by atoms with Gasteiger partial charge >= 0.3 is 0 Å². The lowest BCUT2D eigenvalue weighted by Gasteiger charge is -2.17. The van der Waals surface area contributed by atoms with Crippen molar-refractivity contribution in [2.24, 2.45) is 0 Å². The highest BCUT2D eigenvalue weighted by Gasteiger charge is 2.23. The SMILES string of the molecule is COc1ccc(S(=O)(=O)N(C)CC(=O)Nc2cccc(-c3csc(C)n3)c2)cc1. The first kappa shape index (κ1) is 21.0. The molecule has 0 aliphatic rings. The summed E-state index contributed by atoms with van der Waals surface area (Å²) in [5.74, 6) is 0.121. The van der Waals surface area contributed by atoms with Gasteiger partial charge in [-0.05, 0) is 43.3 Å². The van der Waals surface area contributed by atoms with Crippen LogP contribution >= 0.6 is 11.3 Å². The van der Waals surface area contributed by atoms with E-state index >= 15 is 0 Å². The van der Waals surface area contributed by atoms with Gasteiger partial charge in [0.05, 0.1) is 29.3 Å². The third-order valence-electron chi connectivity index (χ3n) is 4.19. The number of aromatic nitrogens is 1. The highest BCUT2D eigenvalue weighted by Crippen LogP contribution is 2.24. The van der Waals surface area contributed by atoms with Crippen molar-refractivity contribution in [3.8, 4) is 17.0 Å². The summed E-state index contributed by atoms with van der Waals surface area (Å²) in [4.78, 5) is 16.9. The van der Waals surface area contributed by atoms with E-state index in [1.165, 1.54) is 26.3 Å². The third kappa shape index (κ3) is 5.00. The number of thiazole rings is 1. The summed E-state index contributed by atoms with van der Waals surface area (Å²) < 4.78 is 31.4. The summed E-state index contributed by atoms with van der Waals surface area (Å²) in [5, 5.41) is 5.65. The molecule has 7 nitrogen and oxygen atoms in total. The van der Waals surface area contributed by atoms with Gasteiger partial charge in [-0.3, -0.25) is 4.79 Å². The van der Waals surface area contributed by atoms with Gasteiger partial charge in [0, 0.05) is 23.7 Å². The molecule has 9 heteroatoms. The maximum absolute atomic E-state index is 12.7. The minimum Gasteiger partial charge on any atom is -0.497 e. The highest BCUT2D eigenvalue weighted by molar-refractivity contribution is 7.89. The fourth-order valence-corrected chi connectivity index (χ4v) is 4.42. The van der Waals surface area contributed by atoms with Crippen LogP contribution in [-0.2, 0) is 14.8 Å². The van der Waals surface area contributed by atoms with Crippen molar-refractivity contribution in [3.05, 3.63) is 58.9 Å². The first-order chi connectivity index (χ1) is 13.8. The fourth-order valence-electron chi connectivity index (χ4n) is 2.67. The lowest BCUT2D eigenvalue weighted by molar-refractivity contribution is -0.116. The quantitative estimate of drug-likeness (QED) is 0.619. The molecule has 1 N–H and O–H groups in total. The minimum absolute atomic E-state index is 0.0921. The van der Waals surface area contributed by atoms with E-state index < -0.39 is 15.9 Å². The molecule has 1 amide bonds. The lowest BCUT2D eigenvalue weighted by atomic mass is 10.1. The second-order valence-electron chi connectivity index (χ2n) is 6.32. The number of amides is 1. The van der Waals surface area contributed by atoms with Gasteiger partial charge in [-0.25, -0.2) is 13.4 Å². The molecule has 2 aromatic carbocycles. The third-order valence-corrected chi connectivity index (χ3v) is 6.79. The van der Waals surface area contributed by atoms with Crippen molar-refractivity contribution >= 4 is 33.0 Å². The van der Waals surface area contributed by atoms with Crippen LogP contribution in [0.2, 0.25) is 0 Å². The van der Waals surface area contributed by atoms with Crippen molar-refractivity contribution < 1.29 is 17.9 Å². The van der Waals surface area contributed by atoms with Gasteiger partial charge in [0.1, 0.15) is 5.75 Å². The van der Waals surface area contributed by atoms with E-state index in [0.717, 1.165) is 20.6 Å². The lowest BCUT2D eigenvalue weighted by Crippen LogP contribution is -2.34. The molecule has 1 heterocycles. The number of anilines is 1. The summed E-state index contributed by atoms with van der Waals surface area (Å²) in [6.45, 7) is 1.62. The predicted molar refractivity (Wildman–Crippen MR) is 114 cm³/mol. The largest absolute Gasteiger partial charge is 0.497 e. The predicted octanol–water partition coefficient (Wildman–Crippen LogP) is 3.39. The fraction of sp³-hybridized carbons (Fsp3) is 0.200. The van der Waals surface area contributed by atoms with E-state index in [1.807, 2.05) is 30.5 Å². The zero-order valence-electron chi connectivity index (χ0n) is 16.2. The normalized spacial score (nSPS) is 11.4. The van der Waals surface area contributed by atoms with Crippen molar-refractivity contribution in [1.29, 1.82) is 0 Å². The zero-order valence-corrected chi connectivity index (χ0v) is 17.9. The highest BCUT2D eigenvalue weighted by atomic mass is 32.2. The number of carbonyl (C=O) groups is 1. The zero-order chi connectivity index (χ0) is 21.0. The first-order valence-corrected chi connectivity index (χ1v) is 11.0. The molecule has 0 atom stereocenters. The number of sulfonamides is 1. The van der Waals surface area contributed by atoms with Crippen LogP contribution in [-0.4, -0.2) is 44.3 Å². The van der Waals surface area contributed by atoms with Crippen LogP contribution in [0, 0.1) is 6.92 Å². The molecule has 0 spiro atoms. The number of carbonyl (C=O) groups excluding carboxylic acids is 1. The van der Waals surface area contributed by atoms with Gasteiger partial charge in [0.2, 0.25) is 15.9 Å². The Bertz CT molecular complexity index is 1110. The Morgan fingerprint density at radius 1 is 1.21 bits per heavy atom. The van der Waals surface area contributed by atoms with E-state index in [0.29, 0.717) is 11.4 Å². The second kappa shape index (κ2) is 8.73. The number of nitrogens with one attached hydrogen (secondary N) is 1. The Morgan fingerprint density at radius 2 is 1.93 bits per heavy atom. The van der Waals surface area contributed by atoms with E-state index in [9.17, 15) is 13.2 Å². The molecular formula is C20H21N3O4S2. The standard InChI is InChI=1S/C20H21N3O4S2/c1-14-21-19(13-28-14)15-5-4-6-16(11-15)22-20(24)12-23(2)29(25,26)18-9-7-17(27-3)8-10-18/h4-11,13H,12H2,1-3H3,(H,22,24). The summed E-state index contributed by atoms with van der Waals surface area (Å²) >= 11 is 1.55. The Kier molecular flexibility index (Phi) is 6.31. The number of nitrogens with zero attached hydrogens (tertiary/aromatic N) is 2. The molecule has 0 saturated heterocycles. The average molecular weight is 432 g/mol. The number of benzene rings is 2. The molecule has 0 fully saturated rings. The van der Waals surface area contributed by atoms with Crippen LogP contribution in [0.15, 0.2) is 58.8 Å². The Labute approximate surface area is 174 Å². The van der Waals surface area contributed by atoms with Crippen molar-refractivity contribution in [1.82, 2.24) is 9.29 Å². The minimum atomic E-state index is -3.79. The topological polar surface area (TPSA) is 88.6 Å². The number of hydrogen-bond acceptors (Lipinski definition) is 6. The van der Waals surface area contributed by atoms with Crippen LogP contribution in [0.3, 0.4) is 0 Å². The van der Waals surface area contributed by atoms with Crippen LogP contribution < -0.4 is 10.1 Å². The maximum atomic E-state index is 12.7. The van der Waals surface area contributed by atoms with Crippen LogP contribution in [0.25, 0.3) is 11.3 Å². The first-order valence-electron chi connectivity index (χ1n) is 8.72. The molecular weight excluding hydrogens is 410 g/mol. The molecule has 3 aromatic rings. The second-order valence-corrected chi connectivity index (χ2v) is 9.42. The molecule has 29 heavy (non-hydrogen) atoms. The number of rotatable bonds is 7. The molecule has 0 aliphatic carbocycles. The van der Waals surface area contributed by atoms with Gasteiger partial charge < -0.3 is 10.1 Å². The summed E-state index contributed by atoms with van der Waals surface area (Å²) in [6.07, 6.45) is 0. The smallest absolute Gasteiger partial charge is 0.243 e. The number of ether oxygens (including phenoxy) is 1. The van der Waals surface area contributed by atoms with E-state index in [2.05, 4.69) is 10.3 Å². The summed E-state index contributed by atoms with van der Waals surface area (Å²) in [5.41, 5.74) is 2.29. The molecule has 1 aromatic heterocycles. The molecule has 0 bridgehead atoms. The Morgan fingerprint density at radius 3 is 2.55 bits per heavy atom. The number of methoxy groups -OCH3 is 1. The van der Waals surface area contributed by atoms with Crippen LogP contribution in [0.5, 0.6) is 5.75 Å². The van der Waals surface area contributed by atoms with Gasteiger partial charge in [-0.2, -0.15) is 4.31 Å². The molecule has 0 aliphatic heterocycles. The van der Waals surface area contributed by atoms with Gasteiger partial charge in [-0.15, -0.1) is 11.3 Å². The number of hydrogen-bond donors (Lipinski definition) is 1. The number of likely N-dealkylation sites (N-methyl/N-ethyl adjacent to an activating group) is 1. The molecule has 3 rings (SSSR count). The Balaban J connectivity index is 1.68. The van der Waals surface area contributed by atoms with Gasteiger partial charge in [0.25, 0.3) is 0 Å². The van der Waals surface area contributed by atoms with Crippen LogP contribution in [0.4, 0.5) is 5.69 Å². The van der Waals surface area contributed by atoms with E-state index in [-0.39, 0.29) is 11.4 Å². The maximum Gasteiger partial charge on any atom is 0.243 e. The van der Waals surface area contributed by atoms with Gasteiger partial charge in [-0.1, -0.05) is 12.1 Å². The van der Waals surface area contributed by atoms with Crippen LogP contribution in [0.1, 0.15) is 5.01 Å². The average Bonchev–Trinajstić information content (AvgIpc) is 3.14. The van der Waals surface area contributed by atoms with Crippen molar-refractivity contribution in [3.63, 3.8) is 0 Å². The Hall–Kier alpha value is -2.75. The molecule has 0 radical (unpaired) electrons. The molecule has 152 valence electrons.